The number of amides is 1. The van der Waals surface area contributed by atoms with Gasteiger partial charge in [-0.05, 0) is 42.8 Å². The zero-order valence-electron chi connectivity index (χ0n) is 20.1. The van der Waals surface area contributed by atoms with Crippen LogP contribution in [0.25, 0.3) is 0 Å². The summed E-state index contributed by atoms with van der Waals surface area (Å²) in [6.45, 7) is 6.88. The second-order valence-corrected chi connectivity index (χ2v) is 8.61. The predicted octanol–water partition coefficient (Wildman–Crippen LogP) is 7.23. The van der Waals surface area contributed by atoms with Crippen LogP contribution in [0.4, 0.5) is 5.69 Å². The molecule has 0 unspecified atom stereocenters. The third kappa shape index (κ3) is 5.48. The molecule has 3 aromatic rings. The Balaban J connectivity index is 0.00000149. The molecule has 4 rings (SSSR count). The van der Waals surface area contributed by atoms with Crippen LogP contribution in [-0.2, 0) is 0 Å². The lowest BCUT2D eigenvalue weighted by Crippen LogP contribution is -2.27. The monoisotopic (exact) mass is 460 g/mol. The van der Waals surface area contributed by atoms with Gasteiger partial charge in [-0.3, -0.25) is 4.79 Å². The average molecular weight is 461 g/mol. The van der Waals surface area contributed by atoms with Gasteiger partial charge in [-0.25, -0.2) is 4.99 Å². The van der Waals surface area contributed by atoms with E-state index in [1.807, 2.05) is 75.5 Å². The number of para-hydroxylation sites is 1. The number of nitrogens with zero attached hydrogens (tertiary/aromatic N) is 2. The van der Waals surface area contributed by atoms with Gasteiger partial charge in [0.15, 0.2) is 0 Å². The Bertz CT molecular complexity index is 1140. The predicted molar refractivity (Wildman–Crippen MR) is 139 cm³/mol. The summed E-state index contributed by atoms with van der Waals surface area (Å²) in [5.41, 5.74) is 4.30. The molecule has 1 heterocycles. The molecule has 0 aromatic heterocycles. The Morgan fingerprint density at radius 2 is 1.67 bits per heavy atom. The first kappa shape index (κ1) is 24.6. The van der Waals surface area contributed by atoms with Crippen molar-refractivity contribution in [2.24, 2.45) is 4.99 Å². The van der Waals surface area contributed by atoms with Gasteiger partial charge in [-0.1, -0.05) is 69.3 Å². The SMILES string of the molecule is CC.CCCCN(C)C(=O)c1ccc2c(c1)N=C(c1ccccc1OC)c1ccccc1S2. The first-order chi connectivity index (χ1) is 16.1. The van der Waals surface area contributed by atoms with E-state index < -0.39 is 0 Å². The maximum Gasteiger partial charge on any atom is 0.253 e. The molecule has 4 nitrogen and oxygen atoms in total. The van der Waals surface area contributed by atoms with Crippen molar-refractivity contribution in [1.29, 1.82) is 0 Å². The molecule has 33 heavy (non-hydrogen) atoms. The molecule has 5 heteroatoms. The van der Waals surface area contributed by atoms with Crippen LogP contribution in [0.1, 0.15) is 55.1 Å². The van der Waals surface area contributed by atoms with Crippen LogP contribution in [0.2, 0.25) is 0 Å². The van der Waals surface area contributed by atoms with Crippen LogP contribution in [0.5, 0.6) is 5.75 Å². The number of rotatable bonds is 6. The van der Waals surface area contributed by atoms with E-state index >= 15 is 0 Å². The normalized spacial score (nSPS) is 11.7. The molecular weight excluding hydrogens is 428 g/mol. The van der Waals surface area contributed by atoms with Crippen molar-refractivity contribution >= 4 is 29.1 Å². The third-order valence-corrected chi connectivity index (χ3v) is 6.50. The fraction of sp³-hybridized carbons (Fsp3) is 0.286. The van der Waals surface area contributed by atoms with Crippen molar-refractivity contribution < 1.29 is 9.53 Å². The number of carbonyl (C=O) groups is 1. The van der Waals surface area contributed by atoms with Crippen molar-refractivity contribution in [2.75, 3.05) is 20.7 Å². The maximum absolute atomic E-state index is 12.9. The van der Waals surface area contributed by atoms with Gasteiger partial charge >= 0.3 is 0 Å². The van der Waals surface area contributed by atoms with Crippen molar-refractivity contribution in [3.05, 3.63) is 83.4 Å². The van der Waals surface area contributed by atoms with Crippen molar-refractivity contribution in [1.82, 2.24) is 4.90 Å². The highest BCUT2D eigenvalue weighted by molar-refractivity contribution is 7.99. The summed E-state index contributed by atoms with van der Waals surface area (Å²) in [7, 11) is 3.53. The molecular formula is C28H32N2O2S. The lowest BCUT2D eigenvalue weighted by Gasteiger charge is -2.17. The molecule has 1 amide bonds. The number of ether oxygens (including phenoxy) is 1. The fourth-order valence-electron chi connectivity index (χ4n) is 3.64. The van der Waals surface area contributed by atoms with Crippen LogP contribution in [0, 0.1) is 0 Å². The molecule has 0 aliphatic carbocycles. The summed E-state index contributed by atoms with van der Waals surface area (Å²) in [6, 6.07) is 22.0. The van der Waals surface area contributed by atoms with Gasteiger partial charge in [0.25, 0.3) is 5.91 Å². The van der Waals surface area contributed by atoms with Crippen molar-refractivity contribution in [3.63, 3.8) is 0 Å². The second kappa shape index (κ2) is 11.7. The zero-order valence-corrected chi connectivity index (χ0v) is 20.9. The molecule has 0 saturated carbocycles. The molecule has 0 spiro atoms. The summed E-state index contributed by atoms with van der Waals surface area (Å²) >= 11 is 1.68. The Hall–Kier alpha value is -3.05. The highest BCUT2D eigenvalue weighted by Crippen LogP contribution is 2.42. The molecule has 1 aliphatic heterocycles. The first-order valence-corrected chi connectivity index (χ1v) is 12.3. The number of carbonyl (C=O) groups excluding carboxylic acids is 1. The molecule has 0 N–H and O–H groups in total. The second-order valence-electron chi connectivity index (χ2n) is 7.52. The topological polar surface area (TPSA) is 41.9 Å². The van der Waals surface area contributed by atoms with Crippen LogP contribution >= 0.6 is 11.8 Å². The van der Waals surface area contributed by atoms with Crippen molar-refractivity contribution in [3.8, 4) is 5.75 Å². The minimum Gasteiger partial charge on any atom is -0.496 e. The largest absolute Gasteiger partial charge is 0.496 e. The number of methoxy groups -OCH3 is 1. The molecule has 0 fully saturated rings. The van der Waals surface area contributed by atoms with Gasteiger partial charge in [0.05, 0.1) is 18.5 Å². The van der Waals surface area contributed by atoms with E-state index in [1.54, 1.807) is 23.8 Å². The molecule has 3 aromatic carbocycles. The lowest BCUT2D eigenvalue weighted by molar-refractivity contribution is 0.0793. The number of hydrogen-bond acceptors (Lipinski definition) is 4. The van der Waals surface area contributed by atoms with Crippen LogP contribution < -0.4 is 4.74 Å². The smallest absolute Gasteiger partial charge is 0.253 e. The van der Waals surface area contributed by atoms with Crippen LogP contribution in [-0.4, -0.2) is 37.2 Å². The summed E-state index contributed by atoms with van der Waals surface area (Å²) in [6.07, 6.45) is 2.05. The van der Waals surface area contributed by atoms with Crippen LogP contribution in [0.15, 0.2) is 81.5 Å². The minimum absolute atomic E-state index is 0.0250. The molecule has 1 aliphatic rings. The molecule has 0 radical (unpaired) electrons. The number of fused-ring (bicyclic) bond motifs is 2. The van der Waals surface area contributed by atoms with Gasteiger partial charge in [0.1, 0.15) is 5.75 Å². The van der Waals surface area contributed by atoms with Crippen LogP contribution in [0.3, 0.4) is 0 Å². The lowest BCUT2D eigenvalue weighted by atomic mass is 10.0. The van der Waals surface area contributed by atoms with Gasteiger partial charge in [-0.15, -0.1) is 0 Å². The summed E-state index contributed by atoms with van der Waals surface area (Å²) in [5, 5.41) is 0. The zero-order chi connectivity index (χ0) is 23.8. The minimum atomic E-state index is 0.0250. The van der Waals surface area contributed by atoms with Crippen molar-refractivity contribution in [2.45, 2.75) is 43.4 Å². The quantitative estimate of drug-likeness (QED) is 0.305. The van der Waals surface area contributed by atoms with Gasteiger partial charge in [0.2, 0.25) is 0 Å². The van der Waals surface area contributed by atoms with E-state index in [-0.39, 0.29) is 5.91 Å². The Morgan fingerprint density at radius 3 is 2.39 bits per heavy atom. The fourth-order valence-corrected chi connectivity index (χ4v) is 4.64. The number of unbranched alkanes of at least 4 members (excludes halogenated alkanes) is 1. The first-order valence-electron chi connectivity index (χ1n) is 11.5. The third-order valence-electron chi connectivity index (χ3n) is 5.36. The molecule has 0 saturated heterocycles. The maximum atomic E-state index is 12.9. The summed E-state index contributed by atoms with van der Waals surface area (Å²) in [4.78, 5) is 22.0. The molecule has 0 bridgehead atoms. The average Bonchev–Trinajstić information content (AvgIpc) is 3.04. The highest BCUT2D eigenvalue weighted by Gasteiger charge is 2.22. The summed E-state index contributed by atoms with van der Waals surface area (Å²) < 4.78 is 5.62. The Morgan fingerprint density at radius 1 is 0.970 bits per heavy atom. The van der Waals surface area contributed by atoms with E-state index in [9.17, 15) is 4.79 Å². The Labute approximate surface area is 201 Å². The van der Waals surface area contributed by atoms with E-state index in [2.05, 4.69) is 19.1 Å². The molecule has 0 atom stereocenters. The standard InChI is InChI=1S/C26H26N2O2S.C2H6/c1-4-5-16-28(2)26(29)18-14-15-24-21(17-18)27-25(19-10-6-8-12-22(19)30-3)20-11-7-9-13-23(20)31-24;1-2/h6-15,17H,4-5,16H2,1-3H3;1-2H3. The van der Waals surface area contributed by atoms with Gasteiger partial charge in [0, 0.05) is 40.1 Å². The van der Waals surface area contributed by atoms with E-state index in [4.69, 9.17) is 9.73 Å². The van der Waals surface area contributed by atoms with E-state index in [0.717, 1.165) is 57.5 Å². The van der Waals surface area contributed by atoms with E-state index in [1.165, 1.54) is 0 Å². The number of hydrogen-bond donors (Lipinski definition) is 0. The van der Waals surface area contributed by atoms with E-state index in [0.29, 0.717) is 5.56 Å². The number of benzene rings is 3. The molecule has 172 valence electrons. The summed E-state index contributed by atoms with van der Waals surface area (Å²) in [5.74, 6) is 0.799. The highest BCUT2D eigenvalue weighted by atomic mass is 32.2. The van der Waals surface area contributed by atoms with Gasteiger partial charge < -0.3 is 9.64 Å². The van der Waals surface area contributed by atoms with Gasteiger partial charge in [-0.2, -0.15) is 0 Å². The Kier molecular flexibility index (Phi) is 8.72. The number of aliphatic imine (C=N–C) groups is 1.